The van der Waals surface area contributed by atoms with E-state index in [9.17, 15) is 4.79 Å². The molecule has 1 unspecified atom stereocenters. The van der Waals surface area contributed by atoms with Gasteiger partial charge in [-0.25, -0.2) is 0 Å². The zero-order valence-corrected chi connectivity index (χ0v) is 12.7. The van der Waals surface area contributed by atoms with Crippen molar-refractivity contribution in [1.29, 1.82) is 0 Å². The molecule has 1 aliphatic heterocycles. The average molecular weight is 294 g/mol. The number of hydrogen-bond donors (Lipinski definition) is 1. The standard InChI is InChI=1S/C19H22N2O/c20-13-16-10-11-21(14-16)19(22)12-15-6-8-18(9-7-15)17-4-2-1-3-5-17/h1-9,16H,10-14,20H2. The number of carbonyl (C=O) groups is 1. The van der Waals surface area contributed by atoms with Gasteiger partial charge in [0.25, 0.3) is 0 Å². The topological polar surface area (TPSA) is 46.3 Å². The molecule has 3 heteroatoms. The lowest BCUT2D eigenvalue weighted by Gasteiger charge is -2.16. The Balaban J connectivity index is 1.63. The molecular formula is C19H22N2O. The van der Waals surface area contributed by atoms with Gasteiger partial charge in [-0.05, 0) is 35.6 Å². The number of carbonyl (C=O) groups excluding carboxylic acids is 1. The first-order chi connectivity index (χ1) is 10.8. The van der Waals surface area contributed by atoms with Crippen LogP contribution in [-0.2, 0) is 11.2 Å². The molecule has 1 fully saturated rings. The third-order valence-electron chi connectivity index (χ3n) is 4.39. The molecule has 0 bridgehead atoms. The van der Waals surface area contributed by atoms with Gasteiger partial charge in [0.05, 0.1) is 6.42 Å². The second-order valence-electron chi connectivity index (χ2n) is 5.97. The Bertz CT molecular complexity index is 622. The lowest BCUT2D eigenvalue weighted by molar-refractivity contribution is -0.129. The van der Waals surface area contributed by atoms with Gasteiger partial charge in [-0.2, -0.15) is 0 Å². The Morgan fingerprint density at radius 3 is 2.36 bits per heavy atom. The zero-order valence-electron chi connectivity index (χ0n) is 12.7. The van der Waals surface area contributed by atoms with Gasteiger partial charge < -0.3 is 10.6 Å². The van der Waals surface area contributed by atoms with Crippen molar-refractivity contribution in [3.05, 3.63) is 60.2 Å². The Labute approximate surface area is 131 Å². The Hall–Kier alpha value is -2.13. The third kappa shape index (κ3) is 3.37. The van der Waals surface area contributed by atoms with Gasteiger partial charge in [-0.1, -0.05) is 54.6 Å². The normalized spacial score (nSPS) is 17.7. The number of rotatable bonds is 4. The van der Waals surface area contributed by atoms with Crippen LogP contribution in [0, 0.1) is 5.92 Å². The number of hydrogen-bond acceptors (Lipinski definition) is 2. The molecule has 1 atom stereocenters. The van der Waals surface area contributed by atoms with E-state index in [0.717, 1.165) is 25.1 Å². The van der Waals surface area contributed by atoms with Crippen molar-refractivity contribution in [1.82, 2.24) is 4.90 Å². The van der Waals surface area contributed by atoms with E-state index in [2.05, 4.69) is 36.4 Å². The molecule has 0 aliphatic carbocycles. The van der Waals surface area contributed by atoms with Crippen molar-refractivity contribution in [3.63, 3.8) is 0 Å². The second kappa shape index (κ2) is 6.75. The van der Waals surface area contributed by atoms with Crippen LogP contribution in [-0.4, -0.2) is 30.4 Å². The molecule has 2 aromatic carbocycles. The summed E-state index contributed by atoms with van der Waals surface area (Å²) in [7, 11) is 0. The summed E-state index contributed by atoms with van der Waals surface area (Å²) in [4.78, 5) is 14.3. The van der Waals surface area contributed by atoms with Gasteiger partial charge in [-0.15, -0.1) is 0 Å². The quantitative estimate of drug-likeness (QED) is 0.942. The molecule has 2 aromatic rings. The maximum absolute atomic E-state index is 12.3. The van der Waals surface area contributed by atoms with Crippen LogP contribution in [0.2, 0.25) is 0 Å². The van der Waals surface area contributed by atoms with Crippen molar-refractivity contribution in [3.8, 4) is 11.1 Å². The summed E-state index contributed by atoms with van der Waals surface area (Å²) >= 11 is 0. The summed E-state index contributed by atoms with van der Waals surface area (Å²) in [5, 5.41) is 0. The maximum atomic E-state index is 12.3. The zero-order chi connectivity index (χ0) is 15.4. The fourth-order valence-corrected chi connectivity index (χ4v) is 2.98. The second-order valence-corrected chi connectivity index (χ2v) is 5.97. The summed E-state index contributed by atoms with van der Waals surface area (Å²) in [6.45, 7) is 2.34. The molecule has 1 amide bonds. The van der Waals surface area contributed by atoms with E-state index in [0.29, 0.717) is 18.9 Å². The predicted molar refractivity (Wildman–Crippen MR) is 89.3 cm³/mol. The van der Waals surface area contributed by atoms with Crippen LogP contribution in [0.5, 0.6) is 0 Å². The first-order valence-corrected chi connectivity index (χ1v) is 7.88. The number of nitrogens with zero attached hydrogens (tertiary/aromatic N) is 1. The Morgan fingerprint density at radius 1 is 1.05 bits per heavy atom. The van der Waals surface area contributed by atoms with E-state index in [-0.39, 0.29) is 5.91 Å². The monoisotopic (exact) mass is 294 g/mol. The van der Waals surface area contributed by atoms with Crippen LogP contribution >= 0.6 is 0 Å². The maximum Gasteiger partial charge on any atom is 0.226 e. The van der Waals surface area contributed by atoms with Gasteiger partial charge in [0, 0.05) is 13.1 Å². The average Bonchev–Trinajstić information content (AvgIpc) is 3.06. The molecular weight excluding hydrogens is 272 g/mol. The lowest BCUT2D eigenvalue weighted by atomic mass is 10.0. The van der Waals surface area contributed by atoms with E-state index < -0.39 is 0 Å². The van der Waals surface area contributed by atoms with Crippen molar-refractivity contribution >= 4 is 5.91 Å². The van der Waals surface area contributed by atoms with Crippen LogP contribution in [0.15, 0.2) is 54.6 Å². The minimum Gasteiger partial charge on any atom is -0.342 e. The van der Waals surface area contributed by atoms with Gasteiger partial charge in [0.2, 0.25) is 5.91 Å². The first kappa shape index (κ1) is 14.8. The van der Waals surface area contributed by atoms with E-state index in [1.54, 1.807) is 0 Å². The van der Waals surface area contributed by atoms with Crippen LogP contribution in [0.4, 0.5) is 0 Å². The van der Waals surface area contributed by atoms with Gasteiger partial charge in [0.1, 0.15) is 0 Å². The smallest absolute Gasteiger partial charge is 0.226 e. The fourth-order valence-electron chi connectivity index (χ4n) is 2.98. The first-order valence-electron chi connectivity index (χ1n) is 7.88. The summed E-state index contributed by atoms with van der Waals surface area (Å²) in [6, 6.07) is 18.6. The molecule has 22 heavy (non-hydrogen) atoms. The number of nitrogens with two attached hydrogens (primary N) is 1. The molecule has 0 radical (unpaired) electrons. The molecule has 1 saturated heterocycles. The molecule has 3 rings (SSSR count). The fraction of sp³-hybridized carbons (Fsp3) is 0.316. The SMILES string of the molecule is NCC1CCN(C(=O)Cc2ccc(-c3ccccc3)cc2)C1. The van der Waals surface area contributed by atoms with E-state index >= 15 is 0 Å². The van der Waals surface area contributed by atoms with Gasteiger partial charge in [-0.3, -0.25) is 4.79 Å². The molecule has 1 aliphatic rings. The minimum atomic E-state index is 0.211. The minimum absolute atomic E-state index is 0.211. The van der Waals surface area contributed by atoms with Crippen molar-refractivity contribution in [2.75, 3.05) is 19.6 Å². The summed E-state index contributed by atoms with van der Waals surface area (Å²) in [5.74, 6) is 0.688. The lowest BCUT2D eigenvalue weighted by Crippen LogP contribution is -2.31. The van der Waals surface area contributed by atoms with Gasteiger partial charge >= 0.3 is 0 Å². The number of benzene rings is 2. The Kier molecular flexibility index (Phi) is 4.54. The summed E-state index contributed by atoms with van der Waals surface area (Å²) in [5.41, 5.74) is 9.13. The Morgan fingerprint density at radius 2 is 1.73 bits per heavy atom. The van der Waals surface area contributed by atoms with Crippen LogP contribution in [0.1, 0.15) is 12.0 Å². The third-order valence-corrected chi connectivity index (χ3v) is 4.39. The molecule has 0 aromatic heterocycles. The number of amides is 1. The molecule has 3 nitrogen and oxygen atoms in total. The highest BCUT2D eigenvalue weighted by Crippen LogP contribution is 2.20. The molecule has 0 spiro atoms. The highest BCUT2D eigenvalue weighted by Gasteiger charge is 2.24. The van der Waals surface area contributed by atoms with Crippen molar-refractivity contribution < 1.29 is 4.79 Å². The highest BCUT2D eigenvalue weighted by atomic mass is 16.2. The van der Waals surface area contributed by atoms with Crippen LogP contribution < -0.4 is 5.73 Å². The largest absolute Gasteiger partial charge is 0.342 e. The summed E-state index contributed by atoms with van der Waals surface area (Å²) < 4.78 is 0. The predicted octanol–water partition coefficient (Wildman–Crippen LogP) is 2.70. The highest BCUT2D eigenvalue weighted by molar-refractivity contribution is 5.79. The van der Waals surface area contributed by atoms with E-state index in [1.807, 2.05) is 23.1 Å². The van der Waals surface area contributed by atoms with E-state index in [1.165, 1.54) is 11.1 Å². The molecule has 114 valence electrons. The van der Waals surface area contributed by atoms with Crippen LogP contribution in [0.25, 0.3) is 11.1 Å². The molecule has 0 saturated carbocycles. The number of likely N-dealkylation sites (tertiary alicyclic amines) is 1. The molecule has 1 heterocycles. The van der Waals surface area contributed by atoms with Crippen molar-refractivity contribution in [2.45, 2.75) is 12.8 Å². The van der Waals surface area contributed by atoms with Crippen molar-refractivity contribution in [2.24, 2.45) is 11.7 Å². The summed E-state index contributed by atoms with van der Waals surface area (Å²) in [6.07, 6.45) is 1.52. The van der Waals surface area contributed by atoms with E-state index in [4.69, 9.17) is 5.73 Å². The van der Waals surface area contributed by atoms with Crippen LogP contribution in [0.3, 0.4) is 0 Å². The molecule has 2 N–H and O–H groups in total. The van der Waals surface area contributed by atoms with Gasteiger partial charge in [0.15, 0.2) is 0 Å².